The van der Waals surface area contributed by atoms with Crippen molar-refractivity contribution in [1.29, 1.82) is 0 Å². The van der Waals surface area contributed by atoms with Crippen LogP contribution < -0.4 is 10.6 Å². The number of carbonyl (C=O) groups excluding carboxylic acids is 1. The molecule has 3 rings (SSSR count). The van der Waals surface area contributed by atoms with Crippen molar-refractivity contribution in [3.05, 3.63) is 12.2 Å². The van der Waals surface area contributed by atoms with Gasteiger partial charge in [-0.1, -0.05) is 26.7 Å². The molecule has 2 heterocycles. The highest BCUT2D eigenvalue weighted by molar-refractivity contribution is 5.80. The Hall–Kier alpha value is -2.32. The van der Waals surface area contributed by atoms with Crippen LogP contribution in [0.25, 0.3) is 0 Å². The van der Waals surface area contributed by atoms with Crippen molar-refractivity contribution < 1.29 is 9.53 Å². The quantitative estimate of drug-likeness (QED) is 0.507. The van der Waals surface area contributed by atoms with E-state index in [0.29, 0.717) is 44.2 Å². The summed E-state index contributed by atoms with van der Waals surface area (Å²) in [6.07, 6.45) is 9.28. The van der Waals surface area contributed by atoms with E-state index in [1.165, 1.54) is 25.7 Å². The first kappa shape index (κ1) is 23.3. The van der Waals surface area contributed by atoms with Crippen molar-refractivity contribution in [3.8, 4) is 0 Å². The normalized spacial score (nSPS) is 22.9. The standard InChI is InChI=1S/C22H39N7O2/c1-4-20-27-24-16-29(20)15-12-23-21(26-19-9-7-6-8-17(19)3)25-18-10-13-28(14-11-18)22(30)31-5-2/h16-19H,4-15H2,1-3H3,(H2,23,25,26). The first-order valence-corrected chi connectivity index (χ1v) is 12.0. The molecule has 1 amide bonds. The second-order valence-electron chi connectivity index (χ2n) is 8.64. The van der Waals surface area contributed by atoms with Crippen LogP contribution in [0, 0.1) is 5.92 Å². The molecule has 1 aromatic rings. The lowest BCUT2D eigenvalue weighted by Crippen LogP contribution is -2.53. The van der Waals surface area contributed by atoms with Gasteiger partial charge in [0.2, 0.25) is 0 Å². The third-order valence-corrected chi connectivity index (χ3v) is 6.42. The van der Waals surface area contributed by atoms with E-state index in [4.69, 9.17) is 9.73 Å². The summed E-state index contributed by atoms with van der Waals surface area (Å²) in [5.74, 6) is 2.53. The van der Waals surface area contributed by atoms with E-state index in [1.807, 2.05) is 6.92 Å². The molecular weight excluding hydrogens is 394 g/mol. The van der Waals surface area contributed by atoms with Gasteiger partial charge in [0.1, 0.15) is 12.2 Å². The summed E-state index contributed by atoms with van der Waals surface area (Å²) in [5, 5.41) is 15.5. The number of aromatic nitrogens is 3. The van der Waals surface area contributed by atoms with Gasteiger partial charge >= 0.3 is 6.09 Å². The van der Waals surface area contributed by atoms with Crippen LogP contribution in [0.4, 0.5) is 4.79 Å². The number of ether oxygens (including phenoxy) is 1. The van der Waals surface area contributed by atoms with Gasteiger partial charge in [0.05, 0.1) is 13.2 Å². The Kier molecular flexibility index (Phi) is 8.97. The molecule has 0 spiro atoms. The third kappa shape index (κ3) is 6.83. The summed E-state index contributed by atoms with van der Waals surface area (Å²) in [7, 11) is 0. The maximum Gasteiger partial charge on any atom is 0.409 e. The topological polar surface area (TPSA) is 96.7 Å². The highest BCUT2D eigenvalue weighted by Gasteiger charge is 2.26. The van der Waals surface area contributed by atoms with Gasteiger partial charge in [-0.05, 0) is 38.5 Å². The second kappa shape index (κ2) is 11.9. The number of nitrogens with one attached hydrogen (secondary N) is 2. The molecule has 2 fully saturated rings. The highest BCUT2D eigenvalue weighted by Crippen LogP contribution is 2.23. The Morgan fingerprint density at radius 1 is 1.19 bits per heavy atom. The fourth-order valence-corrected chi connectivity index (χ4v) is 4.46. The summed E-state index contributed by atoms with van der Waals surface area (Å²) in [6, 6.07) is 0.762. The Labute approximate surface area is 186 Å². The molecule has 9 heteroatoms. The predicted molar refractivity (Wildman–Crippen MR) is 121 cm³/mol. The molecule has 2 aliphatic rings. The van der Waals surface area contributed by atoms with E-state index in [1.54, 1.807) is 11.2 Å². The maximum atomic E-state index is 12.0. The van der Waals surface area contributed by atoms with E-state index >= 15 is 0 Å². The number of carbonyl (C=O) groups is 1. The van der Waals surface area contributed by atoms with Crippen molar-refractivity contribution >= 4 is 12.1 Å². The van der Waals surface area contributed by atoms with Gasteiger partial charge in [-0.25, -0.2) is 4.79 Å². The molecule has 2 N–H and O–H groups in total. The van der Waals surface area contributed by atoms with Gasteiger partial charge in [-0.15, -0.1) is 10.2 Å². The zero-order valence-corrected chi connectivity index (χ0v) is 19.3. The lowest BCUT2D eigenvalue weighted by molar-refractivity contribution is 0.0962. The summed E-state index contributed by atoms with van der Waals surface area (Å²) in [6.45, 7) is 9.55. The molecule has 9 nitrogen and oxygen atoms in total. The van der Waals surface area contributed by atoms with E-state index in [2.05, 4.69) is 39.2 Å². The van der Waals surface area contributed by atoms with Crippen molar-refractivity contribution in [2.45, 2.75) is 84.3 Å². The average molecular weight is 434 g/mol. The largest absolute Gasteiger partial charge is 0.450 e. The number of piperidine rings is 1. The predicted octanol–water partition coefficient (Wildman–Crippen LogP) is 2.58. The molecule has 1 aromatic heterocycles. The van der Waals surface area contributed by atoms with Gasteiger partial charge < -0.3 is 24.8 Å². The van der Waals surface area contributed by atoms with Crippen LogP contribution >= 0.6 is 0 Å². The minimum atomic E-state index is -0.204. The second-order valence-corrected chi connectivity index (χ2v) is 8.64. The summed E-state index contributed by atoms with van der Waals surface area (Å²) < 4.78 is 7.21. The Morgan fingerprint density at radius 2 is 1.97 bits per heavy atom. The van der Waals surface area contributed by atoms with Gasteiger partial charge in [0.15, 0.2) is 5.96 Å². The first-order chi connectivity index (χ1) is 15.1. The first-order valence-electron chi connectivity index (χ1n) is 12.0. The monoisotopic (exact) mass is 433 g/mol. The van der Waals surface area contributed by atoms with Crippen LogP contribution in [0.2, 0.25) is 0 Å². The molecule has 1 saturated heterocycles. The van der Waals surface area contributed by atoms with E-state index in [9.17, 15) is 4.79 Å². The molecule has 1 aliphatic heterocycles. The van der Waals surface area contributed by atoms with E-state index < -0.39 is 0 Å². The number of hydrogen-bond donors (Lipinski definition) is 2. The minimum Gasteiger partial charge on any atom is -0.450 e. The molecule has 2 unspecified atom stereocenters. The van der Waals surface area contributed by atoms with Gasteiger partial charge in [0.25, 0.3) is 0 Å². The number of aryl methyl sites for hydroxylation is 1. The molecule has 1 aliphatic carbocycles. The van der Waals surface area contributed by atoms with Crippen LogP contribution in [-0.2, 0) is 17.7 Å². The maximum absolute atomic E-state index is 12.0. The van der Waals surface area contributed by atoms with Crippen molar-refractivity contribution in [2.75, 3.05) is 26.2 Å². The molecule has 1 saturated carbocycles. The zero-order valence-electron chi connectivity index (χ0n) is 19.3. The summed E-state index contributed by atoms with van der Waals surface area (Å²) >= 11 is 0. The number of amides is 1. The summed E-state index contributed by atoms with van der Waals surface area (Å²) in [4.78, 5) is 18.7. The Bertz CT molecular complexity index is 712. The third-order valence-electron chi connectivity index (χ3n) is 6.42. The number of hydrogen-bond acceptors (Lipinski definition) is 5. The molecule has 0 aromatic carbocycles. The van der Waals surface area contributed by atoms with Crippen molar-refractivity contribution in [2.24, 2.45) is 10.9 Å². The van der Waals surface area contributed by atoms with Crippen LogP contribution in [-0.4, -0.2) is 70.0 Å². The van der Waals surface area contributed by atoms with Crippen LogP contribution in [0.3, 0.4) is 0 Å². The number of rotatable bonds is 7. The Morgan fingerprint density at radius 3 is 2.68 bits per heavy atom. The molecule has 0 bridgehead atoms. The molecular formula is C22H39N7O2. The minimum absolute atomic E-state index is 0.204. The zero-order chi connectivity index (χ0) is 22.1. The molecule has 174 valence electrons. The summed E-state index contributed by atoms with van der Waals surface area (Å²) in [5.41, 5.74) is 0. The van der Waals surface area contributed by atoms with Crippen LogP contribution in [0.1, 0.15) is 65.1 Å². The number of guanidine groups is 1. The fourth-order valence-electron chi connectivity index (χ4n) is 4.46. The lowest BCUT2D eigenvalue weighted by Gasteiger charge is -2.35. The smallest absolute Gasteiger partial charge is 0.409 e. The lowest BCUT2D eigenvalue weighted by atomic mass is 9.86. The SMILES string of the molecule is CCOC(=O)N1CCC(NC(=NCCn2cnnc2CC)NC2CCCCC2C)CC1. The number of likely N-dealkylation sites (tertiary alicyclic amines) is 1. The van der Waals surface area contributed by atoms with Gasteiger partial charge in [0, 0.05) is 38.1 Å². The fraction of sp³-hybridized carbons (Fsp3) is 0.818. The van der Waals surface area contributed by atoms with Crippen molar-refractivity contribution in [3.63, 3.8) is 0 Å². The molecule has 2 atom stereocenters. The molecule has 31 heavy (non-hydrogen) atoms. The highest BCUT2D eigenvalue weighted by atomic mass is 16.6. The number of aliphatic imine (C=N–C) groups is 1. The Balaban J connectivity index is 1.58. The van der Waals surface area contributed by atoms with Gasteiger partial charge in [-0.3, -0.25) is 4.99 Å². The van der Waals surface area contributed by atoms with Gasteiger partial charge in [-0.2, -0.15) is 0 Å². The van der Waals surface area contributed by atoms with E-state index in [-0.39, 0.29) is 6.09 Å². The van der Waals surface area contributed by atoms with Crippen LogP contribution in [0.5, 0.6) is 0 Å². The van der Waals surface area contributed by atoms with E-state index in [0.717, 1.165) is 37.6 Å². The number of nitrogens with zero attached hydrogens (tertiary/aromatic N) is 5. The van der Waals surface area contributed by atoms with Crippen LogP contribution in [0.15, 0.2) is 11.3 Å². The van der Waals surface area contributed by atoms with Crippen molar-refractivity contribution in [1.82, 2.24) is 30.3 Å². The molecule has 0 radical (unpaired) electrons. The average Bonchev–Trinajstić information content (AvgIpc) is 3.23.